The van der Waals surface area contributed by atoms with Crippen LogP contribution < -0.4 is 5.32 Å². The lowest BCUT2D eigenvalue weighted by atomic mass is 9.76. The van der Waals surface area contributed by atoms with Gasteiger partial charge in [0.05, 0.1) is 13.2 Å². The van der Waals surface area contributed by atoms with E-state index >= 15 is 0 Å². The Kier molecular flexibility index (Phi) is 3.48. The van der Waals surface area contributed by atoms with Crippen molar-refractivity contribution in [3.63, 3.8) is 0 Å². The number of nitrogens with one attached hydrogen (secondary N) is 1. The van der Waals surface area contributed by atoms with Gasteiger partial charge in [-0.15, -0.1) is 0 Å². The molecule has 0 radical (unpaired) electrons. The molecule has 3 heteroatoms. The summed E-state index contributed by atoms with van der Waals surface area (Å²) >= 11 is 0. The summed E-state index contributed by atoms with van der Waals surface area (Å²) in [5.41, 5.74) is 0. The third-order valence-corrected chi connectivity index (χ3v) is 4.66. The van der Waals surface area contributed by atoms with Gasteiger partial charge < -0.3 is 10.1 Å². The summed E-state index contributed by atoms with van der Waals surface area (Å²) < 4.78 is 5.54. The molecule has 1 saturated carbocycles. The number of piperidine rings is 1. The van der Waals surface area contributed by atoms with E-state index in [2.05, 4.69) is 5.32 Å². The van der Waals surface area contributed by atoms with Crippen LogP contribution in [0.5, 0.6) is 0 Å². The Balaban J connectivity index is 1.61. The summed E-state index contributed by atoms with van der Waals surface area (Å²) in [6.45, 7) is 1.59. The zero-order valence-electron chi connectivity index (χ0n) is 10.5. The van der Waals surface area contributed by atoms with E-state index in [-0.39, 0.29) is 0 Å². The lowest BCUT2D eigenvalue weighted by molar-refractivity contribution is -0.130. The molecular formula is C14H23NO2. The monoisotopic (exact) mass is 237 g/mol. The Morgan fingerprint density at radius 1 is 0.941 bits per heavy atom. The van der Waals surface area contributed by atoms with Crippen LogP contribution in [0.25, 0.3) is 0 Å². The van der Waals surface area contributed by atoms with Gasteiger partial charge in [-0.1, -0.05) is 19.3 Å². The molecule has 3 nitrogen and oxygen atoms in total. The Hall–Kier alpha value is -0.410. The van der Waals surface area contributed by atoms with Gasteiger partial charge in [-0.2, -0.15) is 0 Å². The highest BCUT2D eigenvalue weighted by Gasteiger charge is 2.37. The molecule has 0 aromatic rings. The highest BCUT2D eigenvalue weighted by atomic mass is 16.5. The molecule has 3 aliphatic rings. The van der Waals surface area contributed by atoms with Crippen LogP contribution in [0.1, 0.15) is 44.9 Å². The van der Waals surface area contributed by atoms with Crippen LogP contribution in [0, 0.1) is 11.8 Å². The van der Waals surface area contributed by atoms with Gasteiger partial charge in [0.15, 0.2) is 0 Å². The number of rotatable bonds is 2. The summed E-state index contributed by atoms with van der Waals surface area (Å²) in [5.74, 6) is 1.27. The molecule has 1 aliphatic carbocycles. The molecule has 3 rings (SSSR count). The molecule has 2 saturated heterocycles. The number of Topliss-reactive ketones (excluding diaryl/α,β-unsaturated/α-hetero) is 1. The number of hydrogen-bond acceptors (Lipinski definition) is 3. The molecule has 1 N–H and O–H groups in total. The van der Waals surface area contributed by atoms with Crippen LogP contribution in [0.15, 0.2) is 0 Å². The van der Waals surface area contributed by atoms with E-state index < -0.39 is 0 Å². The average Bonchev–Trinajstić information content (AvgIpc) is 2.38. The van der Waals surface area contributed by atoms with Gasteiger partial charge in [0, 0.05) is 23.9 Å². The SMILES string of the molecule is O=C(C1CCCCC1)C1CC2COCC(C1)N2. The van der Waals surface area contributed by atoms with E-state index in [1.54, 1.807) is 0 Å². The predicted molar refractivity (Wildman–Crippen MR) is 65.8 cm³/mol. The fourth-order valence-electron chi connectivity index (χ4n) is 3.79. The molecule has 2 bridgehead atoms. The maximum Gasteiger partial charge on any atom is 0.139 e. The van der Waals surface area contributed by atoms with Crippen molar-refractivity contribution in [1.82, 2.24) is 5.32 Å². The molecule has 2 heterocycles. The zero-order chi connectivity index (χ0) is 11.7. The first kappa shape index (κ1) is 11.7. The summed E-state index contributed by atoms with van der Waals surface area (Å²) in [7, 11) is 0. The molecule has 0 aromatic carbocycles. The maximum atomic E-state index is 12.5. The minimum Gasteiger partial charge on any atom is -0.378 e. The van der Waals surface area contributed by atoms with Crippen LogP contribution in [0.3, 0.4) is 0 Å². The van der Waals surface area contributed by atoms with Crippen LogP contribution in [0.2, 0.25) is 0 Å². The second-order valence-corrected chi connectivity index (χ2v) is 6.00. The number of fused-ring (bicyclic) bond motifs is 2. The van der Waals surface area contributed by atoms with E-state index in [4.69, 9.17) is 4.74 Å². The number of carbonyl (C=O) groups is 1. The number of morpholine rings is 1. The first-order valence-corrected chi connectivity index (χ1v) is 7.20. The topological polar surface area (TPSA) is 38.3 Å². The van der Waals surface area contributed by atoms with E-state index in [1.807, 2.05) is 0 Å². The van der Waals surface area contributed by atoms with Crippen LogP contribution in [-0.4, -0.2) is 31.1 Å². The van der Waals surface area contributed by atoms with Gasteiger partial charge in [-0.05, 0) is 25.7 Å². The molecule has 96 valence electrons. The van der Waals surface area contributed by atoms with Crippen molar-refractivity contribution in [3.8, 4) is 0 Å². The second kappa shape index (κ2) is 5.07. The van der Waals surface area contributed by atoms with Gasteiger partial charge >= 0.3 is 0 Å². The van der Waals surface area contributed by atoms with Crippen molar-refractivity contribution in [2.75, 3.05) is 13.2 Å². The summed E-state index contributed by atoms with van der Waals surface area (Å²) in [6.07, 6.45) is 8.16. The quantitative estimate of drug-likeness (QED) is 0.797. The number of carbonyl (C=O) groups excluding carboxylic acids is 1. The number of hydrogen-bond donors (Lipinski definition) is 1. The minimum atomic E-state index is 0.318. The summed E-state index contributed by atoms with van der Waals surface area (Å²) in [6, 6.07) is 0.861. The van der Waals surface area contributed by atoms with Crippen molar-refractivity contribution in [2.45, 2.75) is 57.0 Å². The third kappa shape index (κ3) is 2.55. The Morgan fingerprint density at radius 2 is 1.59 bits per heavy atom. The van der Waals surface area contributed by atoms with Gasteiger partial charge in [-0.25, -0.2) is 0 Å². The fraction of sp³-hybridized carbons (Fsp3) is 0.929. The number of ketones is 1. The fourth-order valence-corrected chi connectivity index (χ4v) is 3.79. The smallest absolute Gasteiger partial charge is 0.139 e. The first-order valence-electron chi connectivity index (χ1n) is 7.20. The number of ether oxygens (including phenoxy) is 1. The average molecular weight is 237 g/mol. The van der Waals surface area contributed by atoms with E-state index in [1.165, 1.54) is 19.3 Å². The van der Waals surface area contributed by atoms with E-state index in [0.717, 1.165) is 38.9 Å². The molecule has 2 unspecified atom stereocenters. The standard InChI is InChI=1S/C14H23NO2/c16-14(10-4-2-1-3-5-10)11-6-12-8-17-9-13(7-11)15-12/h10-13,15H,1-9H2. The Bertz CT molecular complexity index is 274. The summed E-state index contributed by atoms with van der Waals surface area (Å²) in [4.78, 5) is 12.5. The zero-order valence-corrected chi connectivity index (χ0v) is 10.5. The molecule has 0 aromatic heterocycles. The molecule has 2 aliphatic heterocycles. The lowest BCUT2D eigenvalue weighted by Crippen LogP contribution is -2.55. The van der Waals surface area contributed by atoms with Crippen molar-refractivity contribution in [2.24, 2.45) is 11.8 Å². The summed E-state index contributed by atoms with van der Waals surface area (Å²) in [5, 5.41) is 3.56. The van der Waals surface area contributed by atoms with Gasteiger partial charge in [0.2, 0.25) is 0 Å². The van der Waals surface area contributed by atoms with E-state index in [0.29, 0.717) is 29.7 Å². The highest BCUT2D eigenvalue weighted by Crippen LogP contribution is 2.32. The van der Waals surface area contributed by atoms with Gasteiger partial charge in [0.25, 0.3) is 0 Å². The normalized spacial score (nSPS) is 38.9. The van der Waals surface area contributed by atoms with Crippen LogP contribution >= 0.6 is 0 Å². The molecule has 17 heavy (non-hydrogen) atoms. The Morgan fingerprint density at radius 3 is 2.24 bits per heavy atom. The molecule has 0 amide bonds. The Labute approximate surface area is 103 Å². The van der Waals surface area contributed by atoms with Crippen molar-refractivity contribution in [1.29, 1.82) is 0 Å². The molecular weight excluding hydrogens is 214 g/mol. The molecule has 3 fully saturated rings. The van der Waals surface area contributed by atoms with Crippen molar-refractivity contribution >= 4 is 5.78 Å². The maximum absolute atomic E-state index is 12.5. The van der Waals surface area contributed by atoms with Crippen molar-refractivity contribution in [3.05, 3.63) is 0 Å². The lowest BCUT2D eigenvalue weighted by Gasteiger charge is -2.40. The van der Waals surface area contributed by atoms with E-state index in [9.17, 15) is 4.79 Å². The minimum absolute atomic E-state index is 0.318. The van der Waals surface area contributed by atoms with Gasteiger partial charge in [-0.3, -0.25) is 4.79 Å². The largest absolute Gasteiger partial charge is 0.378 e. The van der Waals surface area contributed by atoms with Crippen LogP contribution in [0.4, 0.5) is 0 Å². The molecule has 2 atom stereocenters. The first-order chi connectivity index (χ1) is 8.33. The van der Waals surface area contributed by atoms with Gasteiger partial charge in [0.1, 0.15) is 5.78 Å². The van der Waals surface area contributed by atoms with Crippen molar-refractivity contribution < 1.29 is 9.53 Å². The highest BCUT2D eigenvalue weighted by molar-refractivity contribution is 5.83. The van der Waals surface area contributed by atoms with Crippen LogP contribution in [-0.2, 0) is 9.53 Å². The third-order valence-electron chi connectivity index (χ3n) is 4.66. The predicted octanol–water partition coefficient (Wildman–Crippen LogP) is 1.90. The second-order valence-electron chi connectivity index (χ2n) is 6.00. The molecule has 0 spiro atoms.